The van der Waals surface area contributed by atoms with Gasteiger partial charge in [0.05, 0.1) is 17.9 Å². The second-order valence-electron chi connectivity index (χ2n) is 6.76. The number of hydrogen-bond acceptors (Lipinski definition) is 3. The quantitative estimate of drug-likeness (QED) is 0.855. The number of aromatic nitrogens is 1. The van der Waals surface area contributed by atoms with E-state index in [0.717, 1.165) is 24.0 Å². The summed E-state index contributed by atoms with van der Waals surface area (Å²) in [5, 5.41) is 2.67. The first-order chi connectivity index (χ1) is 12.0. The van der Waals surface area contributed by atoms with E-state index in [4.69, 9.17) is 0 Å². The minimum Gasteiger partial charge on any atom is -0.327 e. The number of carbonyl (C=O) groups is 2. The topological polar surface area (TPSA) is 62.3 Å². The summed E-state index contributed by atoms with van der Waals surface area (Å²) in [6, 6.07) is 11.7. The molecule has 1 aromatic heterocycles. The molecule has 1 fully saturated rings. The molecule has 2 amide bonds. The molecule has 1 aliphatic rings. The molecule has 5 nitrogen and oxygen atoms in total. The number of rotatable bonds is 2. The van der Waals surface area contributed by atoms with Crippen molar-refractivity contribution >= 4 is 17.5 Å². The van der Waals surface area contributed by atoms with Crippen LogP contribution in [0, 0.1) is 12.8 Å². The van der Waals surface area contributed by atoms with Crippen LogP contribution >= 0.6 is 0 Å². The van der Waals surface area contributed by atoms with E-state index >= 15 is 0 Å². The van der Waals surface area contributed by atoms with Gasteiger partial charge in [0, 0.05) is 12.7 Å². The maximum absolute atomic E-state index is 12.8. The predicted molar refractivity (Wildman–Crippen MR) is 96.9 cm³/mol. The van der Waals surface area contributed by atoms with Gasteiger partial charge in [-0.05, 0) is 42.9 Å². The molecular formula is C20H23N3O2. The lowest BCUT2D eigenvalue weighted by molar-refractivity contribution is -0.146. The normalized spacial score (nSPS) is 20.2. The molecule has 2 atom stereocenters. The summed E-state index contributed by atoms with van der Waals surface area (Å²) < 4.78 is 0. The average molecular weight is 337 g/mol. The highest BCUT2D eigenvalue weighted by molar-refractivity contribution is 6.39. The second-order valence-corrected chi connectivity index (χ2v) is 6.76. The van der Waals surface area contributed by atoms with Crippen LogP contribution in [0.1, 0.15) is 36.9 Å². The minimum absolute atomic E-state index is 0.0566. The number of benzene rings is 1. The number of anilines is 1. The third-order valence-electron chi connectivity index (χ3n) is 4.64. The summed E-state index contributed by atoms with van der Waals surface area (Å²) >= 11 is 0. The van der Waals surface area contributed by atoms with Crippen LogP contribution in [-0.4, -0.2) is 28.2 Å². The Hall–Kier alpha value is -2.69. The van der Waals surface area contributed by atoms with Gasteiger partial charge in [-0.3, -0.25) is 14.6 Å². The van der Waals surface area contributed by atoms with Crippen LogP contribution in [0.15, 0.2) is 48.8 Å². The first-order valence-corrected chi connectivity index (χ1v) is 8.63. The van der Waals surface area contributed by atoms with Gasteiger partial charge in [-0.1, -0.05) is 37.3 Å². The number of carbonyl (C=O) groups excluding carboxylic acids is 2. The fraction of sp³-hybridized carbons (Fsp3) is 0.350. The molecule has 1 aliphatic heterocycles. The summed E-state index contributed by atoms with van der Waals surface area (Å²) in [5.41, 5.74) is 2.55. The first kappa shape index (κ1) is 17.1. The van der Waals surface area contributed by atoms with Gasteiger partial charge in [0.25, 0.3) is 0 Å². The number of nitrogens with one attached hydrogen (secondary N) is 1. The van der Waals surface area contributed by atoms with E-state index in [0.29, 0.717) is 18.2 Å². The van der Waals surface area contributed by atoms with E-state index < -0.39 is 11.8 Å². The smallest absolute Gasteiger partial charge is 0.313 e. The van der Waals surface area contributed by atoms with E-state index in [2.05, 4.69) is 17.2 Å². The number of amides is 2. The summed E-state index contributed by atoms with van der Waals surface area (Å²) in [7, 11) is 0. The van der Waals surface area contributed by atoms with Crippen molar-refractivity contribution in [2.24, 2.45) is 5.92 Å². The van der Waals surface area contributed by atoms with Gasteiger partial charge in [0.1, 0.15) is 0 Å². The predicted octanol–water partition coefficient (Wildman–Crippen LogP) is 3.33. The molecule has 1 N–H and O–H groups in total. The van der Waals surface area contributed by atoms with E-state index in [9.17, 15) is 9.59 Å². The molecule has 3 rings (SSSR count). The molecule has 130 valence electrons. The van der Waals surface area contributed by atoms with Gasteiger partial charge < -0.3 is 10.2 Å². The maximum Gasteiger partial charge on any atom is 0.313 e. The standard InChI is InChI=1S/C20H23N3O2/c1-14-8-9-23(18(11-14)16-6-4-3-5-7-16)20(25)19(24)22-17-10-15(2)12-21-13-17/h3-7,10,12-14,18H,8-9,11H2,1-2H3,(H,22,24)/t14-,18-/m1/s1. The zero-order chi connectivity index (χ0) is 17.8. The lowest BCUT2D eigenvalue weighted by atomic mass is 9.88. The SMILES string of the molecule is Cc1cncc(NC(=O)C(=O)N2CC[C@@H](C)C[C@@H]2c2ccccc2)c1. The maximum atomic E-state index is 12.8. The third-order valence-corrected chi connectivity index (χ3v) is 4.64. The van der Waals surface area contributed by atoms with Gasteiger partial charge in [-0.15, -0.1) is 0 Å². The highest BCUT2D eigenvalue weighted by atomic mass is 16.2. The largest absolute Gasteiger partial charge is 0.327 e. The van der Waals surface area contributed by atoms with Crippen molar-refractivity contribution < 1.29 is 9.59 Å². The highest BCUT2D eigenvalue weighted by Gasteiger charge is 2.34. The van der Waals surface area contributed by atoms with E-state index in [1.165, 1.54) is 0 Å². The van der Waals surface area contributed by atoms with Crippen LogP contribution in [0.2, 0.25) is 0 Å². The van der Waals surface area contributed by atoms with Crippen LogP contribution in [0.5, 0.6) is 0 Å². The van der Waals surface area contributed by atoms with Crippen LogP contribution in [0.3, 0.4) is 0 Å². The molecule has 0 radical (unpaired) electrons. The third kappa shape index (κ3) is 4.05. The molecule has 1 saturated heterocycles. The molecule has 5 heteroatoms. The van der Waals surface area contributed by atoms with Crippen molar-refractivity contribution in [2.45, 2.75) is 32.7 Å². The lowest BCUT2D eigenvalue weighted by Gasteiger charge is -2.38. The zero-order valence-electron chi connectivity index (χ0n) is 14.6. The highest BCUT2D eigenvalue weighted by Crippen LogP contribution is 2.34. The molecule has 0 saturated carbocycles. The number of hydrogen-bond donors (Lipinski definition) is 1. The van der Waals surface area contributed by atoms with E-state index in [-0.39, 0.29) is 6.04 Å². The molecule has 1 aromatic carbocycles. The van der Waals surface area contributed by atoms with Gasteiger partial charge in [-0.2, -0.15) is 0 Å². The molecule has 25 heavy (non-hydrogen) atoms. The molecule has 0 aliphatic carbocycles. The minimum atomic E-state index is -0.608. The Morgan fingerprint density at radius 3 is 2.68 bits per heavy atom. The second kappa shape index (κ2) is 7.47. The summed E-state index contributed by atoms with van der Waals surface area (Å²) in [6.45, 7) is 4.68. The van der Waals surface area contributed by atoms with Crippen molar-refractivity contribution in [3.8, 4) is 0 Å². The Labute approximate surface area is 148 Å². The van der Waals surface area contributed by atoms with Crippen molar-refractivity contribution in [3.63, 3.8) is 0 Å². The number of pyridine rings is 1. The summed E-state index contributed by atoms with van der Waals surface area (Å²) in [6.07, 6.45) is 5.03. The molecular weight excluding hydrogens is 314 g/mol. The Bertz CT molecular complexity index is 761. The van der Waals surface area contributed by atoms with Crippen LogP contribution in [0.25, 0.3) is 0 Å². The molecule has 2 heterocycles. The number of aryl methyl sites for hydroxylation is 1. The van der Waals surface area contributed by atoms with Crippen LogP contribution in [-0.2, 0) is 9.59 Å². The van der Waals surface area contributed by atoms with Gasteiger partial charge in [-0.25, -0.2) is 0 Å². The number of nitrogens with zero attached hydrogens (tertiary/aromatic N) is 2. The Balaban J connectivity index is 1.77. The fourth-order valence-electron chi connectivity index (χ4n) is 3.31. The number of likely N-dealkylation sites (tertiary alicyclic amines) is 1. The molecule has 2 aromatic rings. The van der Waals surface area contributed by atoms with Gasteiger partial charge in [0.2, 0.25) is 0 Å². The fourth-order valence-corrected chi connectivity index (χ4v) is 3.31. The molecule has 0 bridgehead atoms. The Morgan fingerprint density at radius 1 is 1.20 bits per heavy atom. The lowest BCUT2D eigenvalue weighted by Crippen LogP contribution is -2.45. The van der Waals surface area contributed by atoms with Crippen LogP contribution < -0.4 is 5.32 Å². The van der Waals surface area contributed by atoms with Crippen molar-refractivity contribution in [2.75, 3.05) is 11.9 Å². The Morgan fingerprint density at radius 2 is 1.96 bits per heavy atom. The molecule has 0 spiro atoms. The van der Waals surface area contributed by atoms with E-state index in [1.807, 2.05) is 37.3 Å². The van der Waals surface area contributed by atoms with Gasteiger partial charge >= 0.3 is 11.8 Å². The summed E-state index contributed by atoms with van der Waals surface area (Å²) in [4.78, 5) is 31.0. The average Bonchev–Trinajstić information content (AvgIpc) is 2.62. The molecule has 0 unspecified atom stereocenters. The first-order valence-electron chi connectivity index (χ1n) is 8.63. The van der Waals surface area contributed by atoms with Crippen LogP contribution in [0.4, 0.5) is 5.69 Å². The van der Waals surface area contributed by atoms with Gasteiger partial charge in [0.15, 0.2) is 0 Å². The zero-order valence-corrected chi connectivity index (χ0v) is 14.6. The van der Waals surface area contributed by atoms with Crippen molar-refractivity contribution in [3.05, 3.63) is 59.9 Å². The Kier molecular flexibility index (Phi) is 5.12. The number of piperidine rings is 1. The summed E-state index contributed by atoms with van der Waals surface area (Å²) in [5.74, 6) is -0.566. The monoisotopic (exact) mass is 337 g/mol. The van der Waals surface area contributed by atoms with Crippen molar-refractivity contribution in [1.82, 2.24) is 9.88 Å². The van der Waals surface area contributed by atoms with Crippen molar-refractivity contribution in [1.29, 1.82) is 0 Å². The van der Waals surface area contributed by atoms with E-state index in [1.54, 1.807) is 23.4 Å².